The van der Waals surface area contributed by atoms with Gasteiger partial charge in [0.1, 0.15) is 6.04 Å². The molecular weight excluding hydrogens is 297 g/mol. The summed E-state index contributed by atoms with van der Waals surface area (Å²) in [5, 5.41) is 5.56. The normalized spacial score (nSPS) is 21.4. The van der Waals surface area contributed by atoms with Gasteiger partial charge in [-0.2, -0.15) is 13.2 Å². The Kier molecular flexibility index (Phi) is 3.79. The first-order valence-corrected chi connectivity index (χ1v) is 5.82. The van der Waals surface area contributed by atoms with Crippen LogP contribution in [0.15, 0.2) is 12.3 Å². The smallest absolute Gasteiger partial charge is 0.340 e. The Balaban J connectivity index is 0.00000147. The minimum Gasteiger partial charge on any atom is -0.340 e. The van der Waals surface area contributed by atoms with Crippen LogP contribution in [0.5, 0.6) is 0 Å². The molecule has 3 rings (SSSR count). The lowest BCUT2D eigenvalue weighted by Crippen LogP contribution is -2.59. The van der Waals surface area contributed by atoms with Gasteiger partial charge in [0.05, 0.1) is 11.3 Å². The summed E-state index contributed by atoms with van der Waals surface area (Å²) in [6.07, 6.45) is -3.66. The summed E-state index contributed by atoms with van der Waals surface area (Å²) in [5.74, 6) is 0.0972. The maximum absolute atomic E-state index is 12.6. The monoisotopic (exact) mass is 308 g/mol. The minimum atomic E-state index is -4.47. The lowest BCUT2D eigenvalue weighted by molar-refractivity contribution is -0.137. The second kappa shape index (κ2) is 5.10. The topological polar surface area (TPSA) is 57.3 Å². The fraction of sp³-hybridized carbons (Fsp3) is 0.455. The Hall–Kier alpha value is -1.54. The highest BCUT2D eigenvalue weighted by atomic mass is 35.5. The summed E-state index contributed by atoms with van der Waals surface area (Å²) in [6.45, 7) is 1.68. The minimum absolute atomic E-state index is 0. The molecule has 2 N–H and O–H groups in total. The fourth-order valence-corrected chi connectivity index (χ4v) is 2.34. The number of rotatable bonds is 0. The van der Waals surface area contributed by atoms with Gasteiger partial charge in [-0.05, 0) is 6.07 Å². The molecule has 0 unspecified atom stereocenters. The zero-order valence-corrected chi connectivity index (χ0v) is 11.0. The van der Waals surface area contributed by atoms with Crippen molar-refractivity contribution in [2.24, 2.45) is 0 Å². The maximum atomic E-state index is 12.6. The Labute approximate surface area is 118 Å². The highest BCUT2D eigenvalue weighted by Gasteiger charge is 2.38. The maximum Gasteiger partial charge on any atom is 0.417 e. The molecule has 1 amide bonds. The van der Waals surface area contributed by atoms with Crippen molar-refractivity contribution in [2.45, 2.75) is 12.2 Å². The molecule has 1 aromatic heterocycles. The van der Waals surface area contributed by atoms with Crippen LogP contribution in [0.1, 0.15) is 5.56 Å². The summed E-state index contributed by atoms with van der Waals surface area (Å²) < 4.78 is 37.8. The van der Waals surface area contributed by atoms with Crippen molar-refractivity contribution in [2.75, 3.05) is 29.9 Å². The summed E-state index contributed by atoms with van der Waals surface area (Å²) in [5.41, 5.74) is -0.738. The van der Waals surface area contributed by atoms with E-state index in [-0.39, 0.29) is 24.0 Å². The van der Waals surface area contributed by atoms with Crippen LogP contribution in [-0.4, -0.2) is 36.6 Å². The zero-order valence-electron chi connectivity index (χ0n) is 10.2. The molecule has 1 saturated heterocycles. The van der Waals surface area contributed by atoms with Gasteiger partial charge in [-0.1, -0.05) is 0 Å². The van der Waals surface area contributed by atoms with Crippen LogP contribution >= 0.6 is 12.4 Å². The standard InChI is InChI=1S/C11H11F3N4O.ClH/c12-11(13,14)6-3-7-9(16-4-6)18-2-1-15-5-8(18)10(19)17-7;/h3-4,8,15H,1-2,5H2,(H,17,19);1H/t8-;/m1./s1. The Morgan fingerprint density at radius 3 is 2.85 bits per heavy atom. The molecular formula is C11H12ClF3N4O. The number of amides is 1. The van der Waals surface area contributed by atoms with E-state index < -0.39 is 17.8 Å². The molecule has 2 aliphatic heterocycles. The van der Waals surface area contributed by atoms with E-state index in [1.54, 1.807) is 4.90 Å². The number of nitrogens with one attached hydrogen (secondary N) is 2. The Morgan fingerprint density at radius 1 is 1.40 bits per heavy atom. The lowest BCUT2D eigenvalue weighted by atomic mass is 10.1. The van der Waals surface area contributed by atoms with Gasteiger partial charge in [0.2, 0.25) is 5.91 Å². The Bertz CT molecular complexity index is 537. The quantitative estimate of drug-likeness (QED) is 0.757. The van der Waals surface area contributed by atoms with Gasteiger partial charge in [-0.15, -0.1) is 12.4 Å². The van der Waals surface area contributed by atoms with E-state index in [1.165, 1.54) is 0 Å². The number of fused-ring (bicyclic) bond motifs is 3. The van der Waals surface area contributed by atoms with E-state index in [1.807, 2.05) is 0 Å². The summed E-state index contributed by atoms with van der Waals surface area (Å²) in [6, 6.07) is 0.517. The van der Waals surface area contributed by atoms with E-state index in [2.05, 4.69) is 15.6 Å². The number of hydrogen-bond acceptors (Lipinski definition) is 4. The molecule has 0 saturated carbocycles. The number of piperazine rings is 1. The number of carbonyl (C=O) groups excluding carboxylic acids is 1. The van der Waals surface area contributed by atoms with Crippen molar-refractivity contribution in [1.29, 1.82) is 0 Å². The first-order chi connectivity index (χ1) is 8.97. The number of alkyl halides is 3. The van der Waals surface area contributed by atoms with Gasteiger partial charge in [-0.25, -0.2) is 4.98 Å². The third kappa shape index (κ3) is 2.40. The highest BCUT2D eigenvalue weighted by Crippen LogP contribution is 2.36. The third-order valence-corrected chi connectivity index (χ3v) is 3.27. The summed E-state index contributed by atoms with van der Waals surface area (Å²) >= 11 is 0. The molecule has 3 heterocycles. The van der Waals surface area contributed by atoms with Crippen molar-refractivity contribution in [3.8, 4) is 0 Å². The van der Waals surface area contributed by atoms with Crippen LogP contribution in [0, 0.1) is 0 Å². The van der Waals surface area contributed by atoms with Gasteiger partial charge in [0.25, 0.3) is 0 Å². The van der Waals surface area contributed by atoms with Gasteiger partial charge >= 0.3 is 6.18 Å². The van der Waals surface area contributed by atoms with Crippen molar-refractivity contribution >= 4 is 29.8 Å². The summed E-state index contributed by atoms with van der Waals surface area (Å²) in [7, 11) is 0. The molecule has 9 heteroatoms. The number of carbonyl (C=O) groups is 1. The first kappa shape index (κ1) is 14.9. The van der Waals surface area contributed by atoms with Gasteiger partial charge in [0.15, 0.2) is 5.82 Å². The average molecular weight is 309 g/mol. The van der Waals surface area contributed by atoms with E-state index in [4.69, 9.17) is 0 Å². The van der Waals surface area contributed by atoms with E-state index in [9.17, 15) is 18.0 Å². The number of hydrogen-bond donors (Lipinski definition) is 2. The largest absolute Gasteiger partial charge is 0.417 e. The van der Waals surface area contributed by atoms with Crippen LogP contribution in [0.3, 0.4) is 0 Å². The predicted octanol–water partition coefficient (Wildman–Crippen LogP) is 1.25. The number of anilines is 2. The fourth-order valence-electron chi connectivity index (χ4n) is 2.34. The molecule has 0 spiro atoms. The number of nitrogens with zero attached hydrogens (tertiary/aromatic N) is 2. The first-order valence-electron chi connectivity index (χ1n) is 5.82. The zero-order chi connectivity index (χ0) is 13.6. The van der Waals surface area contributed by atoms with E-state index in [0.29, 0.717) is 25.5 Å². The molecule has 0 radical (unpaired) electrons. The van der Waals surface area contributed by atoms with Crippen molar-refractivity contribution in [3.05, 3.63) is 17.8 Å². The number of halogens is 4. The van der Waals surface area contributed by atoms with Crippen LogP contribution in [0.4, 0.5) is 24.7 Å². The molecule has 20 heavy (non-hydrogen) atoms. The molecule has 110 valence electrons. The predicted molar refractivity (Wildman–Crippen MR) is 69.1 cm³/mol. The molecule has 5 nitrogen and oxygen atoms in total. The highest BCUT2D eigenvalue weighted by molar-refractivity contribution is 6.03. The molecule has 2 aliphatic rings. The van der Waals surface area contributed by atoms with Crippen LogP contribution < -0.4 is 15.5 Å². The summed E-state index contributed by atoms with van der Waals surface area (Å²) in [4.78, 5) is 17.5. The van der Waals surface area contributed by atoms with Crippen molar-refractivity contribution in [3.63, 3.8) is 0 Å². The third-order valence-electron chi connectivity index (χ3n) is 3.27. The van der Waals surface area contributed by atoms with Crippen LogP contribution in [-0.2, 0) is 11.0 Å². The van der Waals surface area contributed by atoms with Crippen LogP contribution in [0.2, 0.25) is 0 Å². The molecule has 1 atom stereocenters. The molecule has 1 aromatic rings. The Morgan fingerprint density at radius 2 is 2.15 bits per heavy atom. The number of aromatic nitrogens is 1. The van der Waals surface area contributed by atoms with E-state index >= 15 is 0 Å². The molecule has 0 aromatic carbocycles. The van der Waals surface area contributed by atoms with Crippen molar-refractivity contribution in [1.82, 2.24) is 10.3 Å². The van der Waals surface area contributed by atoms with Gasteiger partial charge < -0.3 is 15.5 Å². The van der Waals surface area contributed by atoms with Crippen LogP contribution in [0.25, 0.3) is 0 Å². The van der Waals surface area contributed by atoms with Gasteiger partial charge in [-0.3, -0.25) is 4.79 Å². The lowest BCUT2D eigenvalue weighted by Gasteiger charge is -2.40. The average Bonchev–Trinajstić information content (AvgIpc) is 2.37. The molecule has 0 bridgehead atoms. The second-order valence-corrected chi connectivity index (χ2v) is 4.50. The number of pyridine rings is 1. The molecule has 1 fully saturated rings. The van der Waals surface area contributed by atoms with Crippen molar-refractivity contribution < 1.29 is 18.0 Å². The molecule has 0 aliphatic carbocycles. The SMILES string of the molecule is Cl.O=C1Nc2cc(C(F)(F)F)cnc2N2CCNC[C@H]12. The van der Waals surface area contributed by atoms with Gasteiger partial charge in [0, 0.05) is 25.8 Å². The second-order valence-electron chi connectivity index (χ2n) is 4.50. The van der Waals surface area contributed by atoms with E-state index in [0.717, 1.165) is 12.3 Å².